The summed E-state index contributed by atoms with van der Waals surface area (Å²) in [6, 6.07) is 7.64. The molecular weight excluding hydrogens is 304 g/mol. The maximum Gasteiger partial charge on any atom is 0.163 e. The molecule has 1 N–H and O–H groups in total. The predicted molar refractivity (Wildman–Crippen MR) is 91.4 cm³/mol. The van der Waals surface area contributed by atoms with E-state index in [1.165, 1.54) is 0 Å². The minimum atomic E-state index is -0.0569. The van der Waals surface area contributed by atoms with Gasteiger partial charge in [0.1, 0.15) is 5.82 Å². The Morgan fingerprint density at radius 1 is 1.25 bits per heavy atom. The number of ether oxygens (including phenoxy) is 1. The van der Waals surface area contributed by atoms with Crippen molar-refractivity contribution in [1.82, 2.24) is 24.7 Å². The van der Waals surface area contributed by atoms with E-state index in [9.17, 15) is 0 Å². The Labute approximate surface area is 140 Å². The highest BCUT2D eigenvalue weighted by Crippen LogP contribution is 2.21. The van der Waals surface area contributed by atoms with Crippen molar-refractivity contribution in [1.29, 1.82) is 0 Å². The lowest BCUT2D eigenvalue weighted by atomic mass is 10.2. The number of nitrogens with one attached hydrogen (secondary N) is 1. The molecule has 0 saturated heterocycles. The Morgan fingerprint density at radius 3 is 2.79 bits per heavy atom. The van der Waals surface area contributed by atoms with Crippen LogP contribution in [0.25, 0.3) is 11.4 Å². The van der Waals surface area contributed by atoms with Gasteiger partial charge in [0.25, 0.3) is 0 Å². The maximum atomic E-state index is 5.34. The van der Waals surface area contributed by atoms with E-state index in [0.29, 0.717) is 12.4 Å². The Balaban J connectivity index is 1.91. The summed E-state index contributed by atoms with van der Waals surface area (Å²) >= 11 is 0. The third kappa shape index (κ3) is 3.57. The summed E-state index contributed by atoms with van der Waals surface area (Å²) in [7, 11) is 3.59. The Bertz CT molecular complexity index is 802. The molecule has 24 heavy (non-hydrogen) atoms. The second kappa shape index (κ2) is 7.18. The third-order valence-electron chi connectivity index (χ3n) is 3.65. The van der Waals surface area contributed by atoms with E-state index >= 15 is 0 Å². The smallest absolute Gasteiger partial charge is 0.163 e. The minimum Gasteiger partial charge on any atom is -0.382 e. The van der Waals surface area contributed by atoms with Gasteiger partial charge in [0.15, 0.2) is 5.82 Å². The Hall–Kier alpha value is -2.80. The van der Waals surface area contributed by atoms with Gasteiger partial charge in [-0.25, -0.2) is 9.97 Å². The summed E-state index contributed by atoms with van der Waals surface area (Å²) in [5, 5.41) is 7.64. The van der Waals surface area contributed by atoms with Gasteiger partial charge >= 0.3 is 0 Å². The molecule has 3 rings (SSSR count). The van der Waals surface area contributed by atoms with Gasteiger partial charge in [0.05, 0.1) is 18.3 Å². The van der Waals surface area contributed by atoms with Gasteiger partial charge in [0.2, 0.25) is 0 Å². The molecule has 7 heteroatoms. The number of rotatable bonds is 6. The minimum absolute atomic E-state index is 0.0569. The van der Waals surface area contributed by atoms with Gasteiger partial charge in [-0.15, -0.1) is 0 Å². The number of hydrogen-bond donors (Lipinski definition) is 1. The first-order valence-electron chi connectivity index (χ1n) is 7.67. The molecule has 0 radical (unpaired) electrons. The van der Waals surface area contributed by atoms with Gasteiger partial charge < -0.3 is 10.1 Å². The maximum absolute atomic E-state index is 5.34. The summed E-state index contributed by atoms with van der Waals surface area (Å²) in [5.74, 6) is 1.39. The number of hydrogen-bond acceptors (Lipinski definition) is 6. The zero-order valence-electron chi connectivity index (χ0n) is 14.0. The van der Waals surface area contributed by atoms with Crippen molar-refractivity contribution < 1.29 is 4.74 Å². The summed E-state index contributed by atoms with van der Waals surface area (Å²) in [6.45, 7) is 2.45. The molecule has 0 aliphatic rings. The van der Waals surface area contributed by atoms with E-state index in [4.69, 9.17) is 4.74 Å². The largest absolute Gasteiger partial charge is 0.382 e. The zero-order valence-corrected chi connectivity index (χ0v) is 14.0. The quantitative estimate of drug-likeness (QED) is 0.750. The lowest BCUT2D eigenvalue weighted by Crippen LogP contribution is -2.20. The first kappa shape index (κ1) is 16.1. The van der Waals surface area contributed by atoms with Crippen LogP contribution in [0.5, 0.6) is 0 Å². The number of anilines is 1. The van der Waals surface area contributed by atoms with Crippen molar-refractivity contribution >= 4 is 5.82 Å². The van der Waals surface area contributed by atoms with Crippen LogP contribution in [0.15, 0.2) is 42.9 Å². The fraction of sp³-hybridized carbons (Fsp3) is 0.294. The summed E-state index contributed by atoms with van der Waals surface area (Å²) in [4.78, 5) is 13.2. The van der Waals surface area contributed by atoms with Crippen molar-refractivity contribution in [3.05, 3.63) is 54.2 Å². The van der Waals surface area contributed by atoms with Crippen molar-refractivity contribution in [2.24, 2.45) is 7.05 Å². The third-order valence-corrected chi connectivity index (χ3v) is 3.65. The molecule has 1 atom stereocenters. The van der Waals surface area contributed by atoms with Crippen molar-refractivity contribution in [3.8, 4) is 11.4 Å². The van der Waals surface area contributed by atoms with Crippen LogP contribution in [-0.4, -0.2) is 38.4 Å². The number of methoxy groups -OCH3 is 1. The highest BCUT2D eigenvalue weighted by molar-refractivity contribution is 5.56. The van der Waals surface area contributed by atoms with Crippen LogP contribution in [-0.2, 0) is 11.8 Å². The van der Waals surface area contributed by atoms with Crippen LogP contribution >= 0.6 is 0 Å². The predicted octanol–water partition coefficient (Wildman–Crippen LogP) is 2.38. The molecule has 7 nitrogen and oxygen atoms in total. The standard InChI is InChI=1S/C17H20N6O/c1-12-9-16(22-17(20-12)13-5-4-7-18-10-13)21-14(11-24-3)15-6-8-19-23(15)2/h4-10,14H,11H2,1-3H3,(H,20,21,22)/t14-/m1/s1. The van der Waals surface area contributed by atoms with Crippen LogP contribution in [0.3, 0.4) is 0 Å². The van der Waals surface area contributed by atoms with Crippen LogP contribution in [0.1, 0.15) is 17.4 Å². The van der Waals surface area contributed by atoms with Crippen LogP contribution < -0.4 is 5.32 Å². The molecule has 0 unspecified atom stereocenters. The SMILES string of the molecule is COC[C@@H](Nc1cc(C)nc(-c2cccnc2)n1)c1ccnn1C. The van der Waals surface area contributed by atoms with E-state index in [1.54, 1.807) is 25.7 Å². The summed E-state index contributed by atoms with van der Waals surface area (Å²) in [5.41, 5.74) is 2.79. The van der Waals surface area contributed by atoms with Gasteiger partial charge in [0, 0.05) is 50.1 Å². The molecule has 3 aromatic heterocycles. The first-order chi connectivity index (χ1) is 11.7. The topological polar surface area (TPSA) is 77.8 Å². The lowest BCUT2D eigenvalue weighted by Gasteiger charge is -2.19. The molecule has 0 aliphatic carbocycles. The Kier molecular flexibility index (Phi) is 4.81. The molecule has 0 bridgehead atoms. The Morgan fingerprint density at radius 2 is 2.12 bits per heavy atom. The fourth-order valence-corrected chi connectivity index (χ4v) is 2.54. The second-order valence-electron chi connectivity index (χ2n) is 5.49. The number of aryl methyl sites for hydroxylation is 2. The molecular formula is C17H20N6O. The van der Waals surface area contributed by atoms with Crippen LogP contribution in [0, 0.1) is 6.92 Å². The van der Waals surface area contributed by atoms with Crippen molar-refractivity contribution in [2.45, 2.75) is 13.0 Å². The summed E-state index contributed by atoms with van der Waals surface area (Å²) in [6.07, 6.45) is 5.26. The number of pyridine rings is 1. The highest BCUT2D eigenvalue weighted by atomic mass is 16.5. The molecule has 3 aromatic rings. The van der Waals surface area contributed by atoms with Crippen molar-refractivity contribution in [3.63, 3.8) is 0 Å². The zero-order chi connectivity index (χ0) is 16.9. The lowest BCUT2D eigenvalue weighted by molar-refractivity contribution is 0.184. The first-order valence-corrected chi connectivity index (χ1v) is 7.67. The number of aromatic nitrogens is 5. The molecule has 0 fully saturated rings. The highest BCUT2D eigenvalue weighted by Gasteiger charge is 2.16. The van der Waals surface area contributed by atoms with Crippen molar-refractivity contribution in [2.75, 3.05) is 19.0 Å². The molecule has 0 saturated carbocycles. The van der Waals surface area contributed by atoms with Crippen LogP contribution in [0.2, 0.25) is 0 Å². The second-order valence-corrected chi connectivity index (χ2v) is 5.49. The molecule has 0 spiro atoms. The molecule has 0 aromatic carbocycles. The van der Waals surface area contributed by atoms with Crippen LogP contribution in [0.4, 0.5) is 5.82 Å². The molecule has 0 amide bonds. The van der Waals surface area contributed by atoms with E-state index in [0.717, 1.165) is 22.8 Å². The van der Waals surface area contributed by atoms with Gasteiger partial charge in [-0.3, -0.25) is 9.67 Å². The van der Waals surface area contributed by atoms with E-state index in [1.807, 2.05) is 42.9 Å². The average molecular weight is 324 g/mol. The number of nitrogens with zero attached hydrogens (tertiary/aromatic N) is 5. The van der Waals surface area contributed by atoms with Gasteiger partial charge in [-0.05, 0) is 25.1 Å². The molecule has 0 aliphatic heterocycles. The molecule has 124 valence electrons. The van der Waals surface area contributed by atoms with Gasteiger partial charge in [-0.1, -0.05) is 0 Å². The fourth-order valence-electron chi connectivity index (χ4n) is 2.54. The monoisotopic (exact) mass is 324 g/mol. The van der Waals surface area contributed by atoms with Gasteiger partial charge in [-0.2, -0.15) is 5.10 Å². The van der Waals surface area contributed by atoms with E-state index < -0.39 is 0 Å². The van der Waals surface area contributed by atoms with E-state index in [-0.39, 0.29) is 6.04 Å². The van der Waals surface area contributed by atoms with E-state index in [2.05, 4.69) is 25.4 Å². The normalized spacial score (nSPS) is 12.1. The molecule has 3 heterocycles. The summed E-state index contributed by atoms with van der Waals surface area (Å²) < 4.78 is 7.17. The average Bonchev–Trinajstić information content (AvgIpc) is 3.01.